The molecule has 1 N–H and O–H groups in total. The predicted octanol–water partition coefficient (Wildman–Crippen LogP) is 5.71. The maximum atomic E-state index is 9.14. The van der Waals surface area contributed by atoms with Crippen molar-refractivity contribution in [2.75, 3.05) is 0 Å². The fourth-order valence-electron chi connectivity index (χ4n) is 2.95. The second-order valence-electron chi connectivity index (χ2n) is 6.22. The summed E-state index contributed by atoms with van der Waals surface area (Å²) in [5.74, 6) is 0.853. The lowest BCUT2D eigenvalue weighted by Crippen LogP contribution is -1.86. The highest BCUT2D eigenvalue weighted by Crippen LogP contribution is 2.29. The second kappa shape index (κ2) is 8.84. The molecule has 0 saturated carbocycles. The molecule has 0 fully saturated rings. The third-order valence-corrected chi connectivity index (χ3v) is 4.25. The highest BCUT2D eigenvalue weighted by atomic mass is 16.3. The molecule has 0 spiro atoms. The van der Waals surface area contributed by atoms with Gasteiger partial charge in [-0.05, 0) is 41.3 Å². The van der Waals surface area contributed by atoms with Crippen LogP contribution in [0.3, 0.4) is 0 Å². The number of rotatable bonds is 4. The Morgan fingerprint density at radius 3 is 2.19 bits per heavy atom. The molecule has 134 valence electrons. The van der Waals surface area contributed by atoms with Crippen LogP contribution in [-0.2, 0) is 13.0 Å². The van der Waals surface area contributed by atoms with Crippen LogP contribution in [0, 0.1) is 11.3 Å². The summed E-state index contributed by atoms with van der Waals surface area (Å²) in [5, 5.41) is 17.6. The van der Waals surface area contributed by atoms with Crippen LogP contribution in [0.15, 0.2) is 83.3 Å². The van der Waals surface area contributed by atoms with E-state index in [2.05, 4.69) is 42.5 Å². The van der Waals surface area contributed by atoms with Crippen molar-refractivity contribution in [2.45, 2.75) is 20.0 Å². The topological polar surface area (TPSA) is 57.2 Å². The van der Waals surface area contributed by atoms with E-state index >= 15 is 0 Å². The highest BCUT2D eigenvalue weighted by Gasteiger charge is 2.07. The number of benzene rings is 3. The SMILES string of the molecule is CC#N.OCc1ccc(-c2cc3cc(Cc4ccccc4)ccc3o2)cc1. The summed E-state index contributed by atoms with van der Waals surface area (Å²) in [6.07, 6.45) is 0.919. The first-order chi connectivity index (χ1) is 13.2. The van der Waals surface area contributed by atoms with Gasteiger partial charge in [0.05, 0.1) is 12.7 Å². The van der Waals surface area contributed by atoms with Crippen LogP contribution in [0.5, 0.6) is 0 Å². The molecule has 1 aromatic heterocycles. The van der Waals surface area contributed by atoms with Crippen LogP contribution >= 0.6 is 0 Å². The van der Waals surface area contributed by atoms with Gasteiger partial charge in [0, 0.05) is 17.9 Å². The van der Waals surface area contributed by atoms with Crippen molar-refractivity contribution in [3.05, 3.63) is 95.6 Å². The van der Waals surface area contributed by atoms with Crippen molar-refractivity contribution in [1.29, 1.82) is 5.26 Å². The fourth-order valence-corrected chi connectivity index (χ4v) is 2.95. The average molecular weight is 355 g/mol. The van der Waals surface area contributed by atoms with Crippen LogP contribution in [0.4, 0.5) is 0 Å². The predicted molar refractivity (Wildman–Crippen MR) is 108 cm³/mol. The lowest BCUT2D eigenvalue weighted by Gasteiger charge is -2.01. The van der Waals surface area contributed by atoms with Crippen LogP contribution in [0.25, 0.3) is 22.3 Å². The maximum absolute atomic E-state index is 9.14. The molecule has 0 aliphatic heterocycles. The summed E-state index contributed by atoms with van der Waals surface area (Å²) in [4.78, 5) is 0. The Bertz CT molecular complexity index is 1040. The molecule has 0 aliphatic rings. The van der Waals surface area contributed by atoms with Gasteiger partial charge in [0.1, 0.15) is 11.3 Å². The minimum atomic E-state index is 0.0588. The molecule has 27 heavy (non-hydrogen) atoms. The Kier molecular flexibility index (Phi) is 6.04. The van der Waals surface area contributed by atoms with Gasteiger partial charge in [-0.15, -0.1) is 0 Å². The Morgan fingerprint density at radius 1 is 0.852 bits per heavy atom. The molecule has 0 amide bonds. The third-order valence-electron chi connectivity index (χ3n) is 4.25. The molecule has 0 unspecified atom stereocenters. The summed E-state index contributed by atoms with van der Waals surface area (Å²) in [7, 11) is 0. The summed E-state index contributed by atoms with van der Waals surface area (Å²) < 4.78 is 5.97. The minimum absolute atomic E-state index is 0.0588. The summed E-state index contributed by atoms with van der Waals surface area (Å²) in [6.45, 7) is 1.49. The molecule has 1 heterocycles. The van der Waals surface area contributed by atoms with E-state index in [4.69, 9.17) is 14.8 Å². The quantitative estimate of drug-likeness (QED) is 0.510. The van der Waals surface area contributed by atoms with Crippen molar-refractivity contribution < 1.29 is 9.52 Å². The number of nitrogens with zero attached hydrogens (tertiary/aromatic N) is 1. The monoisotopic (exact) mass is 355 g/mol. The zero-order valence-electron chi connectivity index (χ0n) is 15.2. The summed E-state index contributed by atoms with van der Waals surface area (Å²) in [6, 6.07) is 28.5. The van der Waals surface area contributed by atoms with Crippen molar-refractivity contribution >= 4 is 11.0 Å². The molecule has 0 saturated heterocycles. The van der Waals surface area contributed by atoms with Gasteiger partial charge in [0.25, 0.3) is 0 Å². The van der Waals surface area contributed by atoms with E-state index in [9.17, 15) is 0 Å². The van der Waals surface area contributed by atoms with E-state index in [0.29, 0.717) is 0 Å². The molecule has 0 atom stereocenters. The average Bonchev–Trinajstić information content (AvgIpc) is 3.13. The normalized spacial score (nSPS) is 10.1. The summed E-state index contributed by atoms with van der Waals surface area (Å²) >= 11 is 0. The molecule has 0 radical (unpaired) electrons. The van der Waals surface area contributed by atoms with Crippen LogP contribution in [0.1, 0.15) is 23.6 Å². The molecule has 3 heteroatoms. The smallest absolute Gasteiger partial charge is 0.135 e. The lowest BCUT2D eigenvalue weighted by molar-refractivity contribution is 0.282. The number of aliphatic hydroxyl groups excluding tert-OH is 1. The molecule has 0 aliphatic carbocycles. The number of furan rings is 1. The standard InChI is InChI=1S/C22H18O2.C2H3N/c23-15-17-6-9-19(10-7-17)22-14-20-13-18(8-11-21(20)24-22)12-16-4-2-1-3-5-16;1-2-3/h1-11,13-14,23H,12,15H2;1H3. The Balaban J connectivity index is 0.000000659. The largest absolute Gasteiger partial charge is 0.456 e. The Labute approximate surface area is 159 Å². The van der Waals surface area contributed by atoms with E-state index < -0.39 is 0 Å². The van der Waals surface area contributed by atoms with Gasteiger partial charge in [-0.2, -0.15) is 5.26 Å². The van der Waals surface area contributed by atoms with E-state index in [1.54, 1.807) is 6.07 Å². The van der Waals surface area contributed by atoms with E-state index in [1.165, 1.54) is 18.1 Å². The van der Waals surface area contributed by atoms with Crippen LogP contribution in [-0.4, -0.2) is 5.11 Å². The molecular weight excluding hydrogens is 334 g/mol. The van der Waals surface area contributed by atoms with Gasteiger partial charge in [-0.1, -0.05) is 60.7 Å². The number of hydrogen-bond acceptors (Lipinski definition) is 3. The van der Waals surface area contributed by atoms with Crippen LogP contribution in [0.2, 0.25) is 0 Å². The van der Waals surface area contributed by atoms with E-state index in [-0.39, 0.29) is 6.61 Å². The van der Waals surface area contributed by atoms with Gasteiger partial charge in [-0.25, -0.2) is 0 Å². The zero-order chi connectivity index (χ0) is 19.1. The van der Waals surface area contributed by atoms with E-state index in [0.717, 1.165) is 34.3 Å². The van der Waals surface area contributed by atoms with Crippen molar-refractivity contribution in [3.63, 3.8) is 0 Å². The molecule has 4 aromatic rings. The first-order valence-corrected chi connectivity index (χ1v) is 8.81. The van der Waals surface area contributed by atoms with Crippen molar-refractivity contribution in [3.8, 4) is 17.4 Å². The first kappa shape index (κ1) is 18.4. The van der Waals surface area contributed by atoms with Crippen molar-refractivity contribution in [1.82, 2.24) is 0 Å². The molecule has 4 rings (SSSR count). The number of aliphatic hydroxyl groups is 1. The maximum Gasteiger partial charge on any atom is 0.135 e. The van der Waals surface area contributed by atoms with E-state index in [1.807, 2.05) is 36.4 Å². The Morgan fingerprint density at radius 2 is 1.52 bits per heavy atom. The van der Waals surface area contributed by atoms with Gasteiger partial charge in [0.2, 0.25) is 0 Å². The Hall–Kier alpha value is -3.35. The van der Waals surface area contributed by atoms with Crippen molar-refractivity contribution in [2.24, 2.45) is 0 Å². The zero-order valence-corrected chi connectivity index (χ0v) is 15.2. The highest BCUT2D eigenvalue weighted by molar-refractivity contribution is 5.83. The van der Waals surface area contributed by atoms with Gasteiger partial charge < -0.3 is 9.52 Å². The molecular formula is C24H21NO2. The summed E-state index contributed by atoms with van der Waals surface area (Å²) in [5.41, 5.74) is 5.40. The first-order valence-electron chi connectivity index (χ1n) is 8.81. The van der Waals surface area contributed by atoms with Gasteiger partial charge in [0.15, 0.2) is 0 Å². The minimum Gasteiger partial charge on any atom is -0.456 e. The van der Waals surface area contributed by atoms with Crippen LogP contribution < -0.4 is 0 Å². The lowest BCUT2D eigenvalue weighted by atomic mass is 10.0. The number of hydrogen-bond donors (Lipinski definition) is 1. The fraction of sp³-hybridized carbons (Fsp3) is 0.125. The molecule has 0 bridgehead atoms. The second-order valence-corrected chi connectivity index (χ2v) is 6.22. The van der Waals surface area contributed by atoms with Gasteiger partial charge in [-0.3, -0.25) is 0 Å². The number of nitriles is 1. The van der Waals surface area contributed by atoms with Gasteiger partial charge >= 0.3 is 0 Å². The third kappa shape index (κ3) is 4.63. The number of fused-ring (bicyclic) bond motifs is 1. The molecule has 3 aromatic carbocycles. The molecule has 3 nitrogen and oxygen atoms in total.